The number of halogens is 1. The second-order valence-electron chi connectivity index (χ2n) is 5.00. The maximum absolute atomic E-state index is 12.1. The number of hydrogen-bond acceptors (Lipinski definition) is 5. The van der Waals surface area contributed by atoms with Crippen LogP contribution in [0.3, 0.4) is 0 Å². The standard InChI is InChI=1S/C18H19BrO5/c1-12(24-15-6-4-14(19)5-7-15)18(20)23-11-13-10-16(21-2)8-9-17(13)22-3/h4-10,12H,11H2,1-3H3. The van der Waals surface area contributed by atoms with Crippen LogP contribution in [0, 0.1) is 0 Å². The summed E-state index contributed by atoms with van der Waals surface area (Å²) in [4.78, 5) is 12.1. The third-order valence-corrected chi connectivity index (χ3v) is 3.84. The van der Waals surface area contributed by atoms with E-state index in [1.165, 1.54) is 0 Å². The summed E-state index contributed by atoms with van der Waals surface area (Å²) < 4.78 is 22.3. The summed E-state index contributed by atoms with van der Waals surface area (Å²) in [5, 5.41) is 0. The van der Waals surface area contributed by atoms with Gasteiger partial charge in [-0.2, -0.15) is 0 Å². The van der Waals surface area contributed by atoms with Crippen molar-refractivity contribution in [3.63, 3.8) is 0 Å². The zero-order valence-electron chi connectivity index (χ0n) is 13.7. The van der Waals surface area contributed by atoms with Crippen LogP contribution in [0.15, 0.2) is 46.9 Å². The molecule has 2 rings (SSSR count). The van der Waals surface area contributed by atoms with Crippen LogP contribution >= 0.6 is 15.9 Å². The Kier molecular flexibility index (Phi) is 6.49. The molecular formula is C18H19BrO5. The van der Waals surface area contributed by atoms with Crippen molar-refractivity contribution >= 4 is 21.9 Å². The molecule has 0 radical (unpaired) electrons. The fraction of sp³-hybridized carbons (Fsp3) is 0.278. The summed E-state index contributed by atoms with van der Waals surface area (Å²) in [6, 6.07) is 12.6. The van der Waals surface area contributed by atoms with Gasteiger partial charge in [0.1, 0.15) is 23.9 Å². The van der Waals surface area contributed by atoms with Gasteiger partial charge in [-0.3, -0.25) is 0 Å². The molecule has 24 heavy (non-hydrogen) atoms. The number of esters is 1. The maximum atomic E-state index is 12.1. The summed E-state index contributed by atoms with van der Waals surface area (Å²) in [7, 11) is 3.14. The lowest BCUT2D eigenvalue weighted by atomic mass is 10.2. The minimum absolute atomic E-state index is 0.0766. The Hall–Kier alpha value is -2.21. The van der Waals surface area contributed by atoms with Crippen LogP contribution in [0.1, 0.15) is 12.5 Å². The van der Waals surface area contributed by atoms with Gasteiger partial charge in [-0.1, -0.05) is 15.9 Å². The molecule has 2 aromatic carbocycles. The van der Waals surface area contributed by atoms with E-state index < -0.39 is 12.1 Å². The predicted octanol–water partition coefficient (Wildman–Crippen LogP) is 3.98. The molecule has 0 aliphatic carbocycles. The van der Waals surface area contributed by atoms with Gasteiger partial charge in [0.05, 0.1) is 14.2 Å². The van der Waals surface area contributed by atoms with E-state index >= 15 is 0 Å². The third kappa shape index (κ3) is 4.89. The zero-order valence-corrected chi connectivity index (χ0v) is 15.3. The van der Waals surface area contributed by atoms with Crippen molar-refractivity contribution in [2.45, 2.75) is 19.6 Å². The smallest absolute Gasteiger partial charge is 0.347 e. The summed E-state index contributed by atoms with van der Waals surface area (Å²) in [5.41, 5.74) is 0.723. The van der Waals surface area contributed by atoms with E-state index in [-0.39, 0.29) is 6.61 Å². The molecule has 1 atom stereocenters. The Bertz CT molecular complexity index is 684. The minimum Gasteiger partial charge on any atom is -0.497 e. The number of benzene rings is 2. The number of carbonyl (C=O) groups excluding carboxylic acids is 1. The Balaban J connectivity index is 1.95. The zero-order chi connectivity index (χ0) is 17.5. The topological polar surface area (TPSA) is 54.0 Å². The van der Waals surface area contributed by atoms with E-state index in [0.29, 0.717) is 17.2 Å². The molecule has 0 aromatic heterocycles. The van der Waals surface area contributed by atoms with Crippen molar-refractivity contribution in [1.29, 1.82) is 0 Å². The Morgan fingerprint density at radius 2 is 1.71 bits per heavy atom. The van der Waals surface area contributed by atoms with E-state index in [0.717, 1.165) is 10.0 Å². The molecule has 5 nitrogen and oxygen atoms in total. The SMILES string of the molecule is COc1ccc(OC)c(COC(=O)C(C)Oc2ccc(Br)cc2)c1. The molecule has 6 heteroatoms. The number of carbonyl (C=O) groups is 1. The average molecular weight is 395 g/mol. The van der Waals surface area contributed by atoms with Gasteiger partial charge in [0, 0.05) is 10.0 Å². The van der Waals surface area contributed by atoms with E-state index in [1.54, 1.807) is 51.5 Å². The van der Waals surface area contributed by atoms with Crippen molar-refractivity contribution in [1.82, 2.24) is 0 Å². The van der Waals surface area contributed by atoms with E-state index in [2.05, 4.69) is 15.9 Å². The molecule has 0 aliphatic heterocycles. The Morgan fingerprint density at radius 3 is 2.33 bits per heavy atom. The molecule has 0 heterocycles. The lowest BCUT2D eigenvalue weighted by Gasteiger charge is -2.15. The van der Waals surface area contributed by atoms with Crippen LogP contribution in [0.2, 0.25) is 0 Å². The first-order chi connectivity index (χ1) is 11.5. The molecule has 1 unspecified atom stereocenters. The Labute approximate surface area is 149 Å². The number of methoxy groups -OCH3 is 2. The second kappa shape index (κ2) is 8.59. The van der Waals surface area contributed by atoms with Gasteiger partial charge in [0.15, 0.2) is 6.10 Å². The monoisotopic (exact) mass is 394 g/mol. The molecule has 128 valence electrons. The van der Waals surface area contributed by atoms with Crippen LogP contribution < -0.4 is 14.2 Å². The van der Waals surface area contributed by atoms with Crippen LogP contribution in [0.5, 0.6) is 17.2 Å². The fourth-order valence-corrected chi connectivity index (χ4v) is 2.29. The van der Waals surface area contributed by atoms with Crippen LogP contribution in [-0.4, -0.2) is 26.3 Å². The number of rotatable bonds is 7. The molecule has 0 fully saturated rings. The van der Waals surface area contributed by atoms with Crippen molar-refractivity contribution in [3.05, 3.63) is 52.5 Å². The highest BCUT2D eigenvalue weighted by Gasteiger charge is 2.17. The lowest BCUT2D eigenvalue weighted by Crippen LogP contribution is -2.26. The van der Waals surface area contributed by atoms with Gasteiger partial charge in [-0.25, -0.2) is 4.79 Å². The Morgan fingerprint density at radius 1 is 1.04 bits per heavy atom. The normalized spacial score (nSPS) is 11.5. The van der Waals surface area contributed by atoms with Gasteiger partial charge in [0.2, 0.25) is 0 Å². The lowest BCUT2D eigenvalue weighted by molar-refractivity contribution is -0.152. The first-order valence-corrected chi connectivity index (χ1v) is 8.12. The number of ether oxygens (including phenoxy) is 4. The minimum atomic E-state index is -0.720. The first kappa shape index (κ1) is 18.1. The van der Waals surface area contributed by atoms with Gasteiger partial charge in [-0.05, 0) is 49.4 Å². The predicted molar refractivity (Wildman–Crippen MR) is 93.6 cm³/mol. The fourth-order valence-electron chi connectivity index (χ4n) is 2.03. The summed E-state index contributed by atoms with van der Waals surface area (Å²) >= 11 is 3.35. The molecule has 0 bridgehead atoms. The van der Waals surface area contributed by atoms with Crippen molar-refractivity contribution in [2.75, 3.05) is 14.2 Å². The van der Waals surface area contributed by atoms with Crippen LogP contribution in [0.25, 0.3) is 0 Å². The molecule has 0 N–H and O–H groups in total. The first-order valence-electron chi connectivity index (χ1n) is 7.33. The van der Waals surface area contributed by atoms with E-state index in [9.17, 15) is 4.79 Å². The summed E-state index contributed by atoms with van der Waals surface area (Å²) in [6.07, 6.45) is -0.720. The van der Waals surface area contributed by atoms with Crippen LogP contribution in [0.4, 0.5) is 0 Å². The molecule has 0 saturated carbocycles. The second-order valence-corrected chi connectivity index (χ2v) is 5.92. The van der Waals surface area contributed by atoms with Crippen molar-refractivity contribution < 1.29 is 23.7 Å². The molecule has 0 saturated heterocycles. The highest BCUT2D eigenvalue weighted by molar-refractivity contribution is 9.10. The summed E-state index contributed by atoms with van der Waals surface area (Å²) in [5.74, 6) is 1.44. The van der Waals surface area contributed by atoms with E-state index in [1.807, 2.05) is 12.1 Å². The molecular weight excluding hydrogens is 376 g/mol. The van der Waals surface area contributed by atoms with Gasteiger partial charge < -0.3 is 18.9 Å². The largest absolute Gasteiger partial charge is 0.497 e. The van der Waals surface area contributed by atoms with Crippen LogP contribution in [-0.2, 0) is 16.1 Å². The molecule has 0 amide bonds. The molecule has 2 aromatic rings. The van der Waals surface area contributed by atoms with Gasteiger partial charge in [-0.15, -0.1) is 0 Å². The quantitative estimate of drug-likeness (QED) is 0.664. The molecule has 0 spiro atoms. The third-order valence-electron chi connectivity index (χ3n) is 3.32. The highest BCUT2D eigenvalue weighted by atomic mass is 79.9. The van der Waals surface area contributed by atoms with Gasteiger partial charge >= 0.3 is 5.97 Å². The van der Waals surface area contributed by atoms with Crippen molar-refractivity contribution in [3.8, 4) is 17.2 Å². The highest BCUT2D eigenvalue weighted by Crippen LogP contribution is 2.25. The average Bonchev–Trinajstić information content (AvgIpc) is 2.61. The maximum Gasteiger partial charge on any atom is 0.347 e. The van der Waals surface area contributed by atoms with E-state index in [4.69, 9.17) is 18.9 Å². The number of hydrogen-bond donors (Lipinski definition) is 0. The summed E-state index contributed by atoms with van der Waals surface area (Å²) in [6.45, 7) is 1.72. The molecule has 0 aliphatic rings. The van der Waals surface area contributed by atoms with Crippen molar-refractivity contribution in [2.24, 2.45) is 0 Å². The van der Waals surface area contributed by atoms with Gasteiger partial charge in [0.25, 0.3) is 0 Å².